The van der Waals surface area contributed by atoms with Crippen LogP contribution in [0.25, 0.3) is 0 Å². The standard InChI is InChI=1S/C30H35Cl2N3O8S.H2O/c1-39-26-7-6-21(15-25(26)35(44(4,37)38)10-9-34-11-13-42-14-12-34)30(36)43-28(17-22-23(31)18-33-19-24(22)32)20-5-8-27(40-2)29(16-20)41-3;/h5-8,15-16,18-19,28H,9-14,17H2,1-4H3;1H2/t28-;/m0./s1. The van der Waals surface area contributed by atoms with Crippen molar-refractivity contribution in [3.05, 3.63) is 75.5 Å². The number of carbonyl (C=O) groups is 1. The van der Waals surface area contributed by atoms with Gasteiger partial charge in [-0.3, -0.25) is 9.21 Å². The largest absolute Gasteiger partial charge is 0.870 e. The van der Waals surface area contributed by atoms with E-state index in [1.165, 1.54) is 37.8 Å². The number of aromatic amines is 1. The number of hydrogen-bond donors (Lipinski definition) is 0. The Labute approximate surface area is 273 Å². The third-order valence-electron chi connectivity index (χ3n) is 7.22. The van der Waals surface area contributed by atoms with Crippen molar-refractivity contribution in [1.82, 2.24) is 4.90 Å². The molecule has 2 heterocycles. The van der Waals surface area contributed by atoms with E-state index in [0.717, 1.165) is 6.26 Å². The van der Waals surface area contributed by atoms with Crippen molar-refractivity contribution in [3.63, 3.8) is 0 Å². The third-order valence-corrected chi connectivity index (χ3v) is 9.08. The minimum atomic E-state index is -3.74. The van der Waals surface area contributed by atoms with E-state index in [-0.39, 0.29) is 29.7 Å². The van der Waals surface area contributed by atoms with Crippen LogP contribution >= 0.6 is 23.2 Å². The van der Waals surface area contributed by atoms with Crippen LogP contribution in [0.15, 0.2) is 48.8 Å². The van der Waals surface area contributed by atoms with Crippen LogP contribution in [-0.2, 0) is 25.9 Å². The third kappa shape index (κ3) is 9.12. The minimum absolute atomic E-state index is 0. The number of rotatable bonds is 13. The van der Waals surface area contributed by atoms with Crippen molar-refractivity contribution in [2.45, 2.75) is 12.5 Å². The molecule has 0 saturated carbocycles. The van der Waals surface area contributed by atoms with E-state index in [0.29, 0.717) is 71.3 Å². The summed E-state index contributed by atoms with van der Waals surface area (Å²) in [6.45, 7) is 3.21. The van der Waals surface area contributed by atoms with E-state index in [2.05, 4.69) is 9.88 Å². The zero-order chi connectivity index (χ0) is 31.9. The maximum absolute atomic E-state index is 13.7. The van der Waals surface area contributed by atoms with Gasteiger partial charge in [0.25, 0.3) is 0 Å². The molecule has 0 aliphatic carbocycles. The molecule has 1 fully saturated rings. The van der Waals surface area contributed by atoms with Gasteiger partial charge in [0.05, 0.1) is 52.0 Å². The predicted molar refractivity (Wildman–Crippen MR) is 169 cm³/mol. The lowest BCUT2D eigenvalue weighted by Gasteiger charge is -2.30. The molecule has 246 valence electrons. The van der Waals surface area contributed by atoms with Gasteiger partial charge >= 0.3 is 5.97 Å². The van der Waals surface area contributed by atoms with Crippen molar-refractivity contribution in [2.24, 2.45) is 0 Å². The van der Waals surface area contributed by atoms with Crippen LogP contribution in [0, 0.1) is 0 Å². The molecule has 1 aliphatic heterocycles. The molecule has 15 heteroatoms. The van der Waals surface area contributed by atoms with E-state index in [9.17, 15) is 13.2 Å². The molecule has 4 rings (SSSR count). The molecule has 3 aromatic rings. The molecule has 2 N–H and O–H groups in total. The second kappa shape index (κ2) is 16.3. The average Bonchev–Trinajstić information content (AvgIpc) is 3.01. The number of nitrogens with one attached hydrogen (secondary N) is 1. The second-order valence-corrected chi connectivity index (χ2v) is 12.7. The molecule has 0 amide bonds. The molecule has 1 saturated heterocycles. The van der Waals surface area contributed by atoms with E-state index < -0.39 is 22.1 Å². The van der Waals surface area contributed by atoms with Crippen LogP contribution in [0.4, 0.5) is 5.69 Å². The molecule has 0 spiro atoms. The zero-order valence-corrected chi connectivity index (χ0v) is 27.7. The molecule has 45 heavy (non-hydrogen) atoms. The first-order valence-electron chi connectivity index (χ1n) is 13.8. The normalized spacial score (nSPS) is 14.2. The van der Waals surface area contributed by atoms with Crippen molar-refractivity contribution < 1.29 is 47.4 Å². The number of nitrogens with zero attached hydrogens (tertiary/aromatic N) is 2. The van der Waals surface area contributed by atoms with Crippen molar-refractivity contribution in [1.29, 1.82) is 0 Å². The Morgan fingerprint density at radius 2 is 1.60 bits per heavy atom. The molecule has 1 aliphatic rings. The van der Waals surface area contributed by atoms with Crippen LogP contribution in [-0.4, -0.2) is 91.7 Å². The SMILES string of the molecule is COc1ccc([C@H](Cc2c(Cl)c[nH+]cc2Cl)OC(=O)c2ccc(OC)c(N(CCN3CCOCC3)S(C)(=O)=O)c2)cc1OC.[OH-]. The first-order valence-corrected chi connectivity index (χ1v) is 16.4. The summed E-state index contributed by atoms with van der Waals surface area (Å²) >= 11 is 12.9. The number of H-pyrrole nitrogens is 1. The summed E-state index contributed by atoms with van der Waals surface area (Å²) in [5, 5.41) is 0.740. The second-order valence-electron chi connectivity index (χ2n) is 10.0. The van der Waals surface area contributed by atoms with Gasteiger partial charge in [-0.2, -0.15) is 0 Å². The predicted octanol–water partition coefficient (Wildman–Crippen LogP) is 3.90. The quantitative estimate of drug-likeness (QED) is 0.243. The number of esters is 1. The van der Waals surface area contributed by atoms with Gasteiger partial charge < -0.3 is 29.2 Å². The maximum atomic E-state index is 13.7. The average molecular weight is 687 g/mol. The van der Waals surface area contributed by atoms with Gasteiger partial charge in [-0.05, 0) is 35.9 Å². The molecule has 0 bridgehead atoms. The fourth-order valence-corrected chi connectivity index (χ4v) is 6.31. The van der Waals surface area contributed by atoms with Crippen LogP contribution in [0.2, 0.25) is 10.0 Å². The fraction of sp³-hybridized carbons (Fsp3) is 0.400. The fourth-order valence-electron chi connectivity index (χ4n) is 4.87. The molecule has 2 aromatic carbocycles. The van der Waals surface area contributed by atoms with Gasteiger partial charge in [0.15, 0.2) is 23.9 Å². The summed E-state index contributed by atoms with van der Waals surface area (Å²) in [6, 6.07) is 9.71. The lowest BCUT2D eigenvalue weighted by atomic mass is 10.0. The Balaban J connectivity index is 0.00000552. The number of carbonyl (C=O) groups excluding carboxylic acids is 1. The van der Waals surface area contributed by atoms with E-state index >= 15 is 0 Å². The van der Waals surface area contributed by atoms with Crippen LogP contribution < -0.4 is 23.5 Å². The number of anilines is 1. The van der Waals surface area contributed by atoms with Crippen LogP contribution in [0.3, 0.4) is 0 Å². The Morgan fingerprint density at radius 1 is 0.978 bits per heavy atom. The highest BCUT2D eigenvalue weighted by Crippen LogP contribution is 2.36. The van der Waals surface area contributed by atoms with Crippen LogP contribution in [0.1, 0.15) is 27.6 Å². The highest BCUT2D eigenvalue weighted by molar-refractivity contribution is 7.92. The molecular weight excluding hydrogens is 649 g/mol. The van der Waals surface area contributed by atoms with Gasteiger partial charge in [-0.15, -0.1) is 0 Å². The number of methoxy groups -OCH3 is 3. The smallest absolute Gasteiger partial charge is 0.338 e. The zero-order valence-electron chi connectivity index (χ0n) is 25.4. The molecule has 0 radical (unpaired) electrons. The number of ether oxygens (including phenoxy) is 5. The lowest BCUT2D eigenvalue weighted by molar-refractivity contribution is -0.377. The number of pyridine rings is 1. The summed E-state index contributed by atoms with van der Waals surface area (Å²) in [5.41, 5.74) is 1.53. The van der Waals surface area contributed by atoms with Crippen molar-refractivity contribution in [3.8, 4) is 17.2 Å². The summed E-state index contributed by atoms with van der Waals surface area (Å²) in [6.07, 6.45) is 3.59. The van der Waals surface area contributed by atoms with E-state index in [4.69, 9.17) is 46.9 Å². The number of benzene rings is 2. The summed E-state index contributed by atoms with van der Waals surface area (Å²) in [5.74, 6) is 0.555. The number of morpholine rings is 1. The first kappa shape index (κ1) is 36.1. The minimum Gasteiger partial charge on any atom is -0.870 e. The van der Waals surface area contributed by atoms with Crippen molar-refractivity contribution >= 4 is 44.9 Å². The van der Waals surface area contributed by atoms with Crippen molar-refractivity contribution in [2.75, 3.05) is 71.3 Å². The van der Waals surface area contributed by atoms with Gasteiger partial charge in [0.2, 0.25) is 10.0 Å². The van der Waals surface area contributed by atoms with Gasteiger partial charge in [-0.25, -0.2) is 18.2 Å². The molecular formula is C30H37Cl2N3O9S. The maximum Gasteiger partial charge on any atom is 0.338 e. The lowest BCUT2D eigenvalue weighted by Crippen LogP contribution is -2.43. The van der Waals surface area contributed by atoms with Gasteiger partial charge in [0, 0.05) is 38.2 Å². The number of halogens is 2. The van der Waals surface area contributed by atoms with E-state index in [1.807, 2.05) is 0 Å². The Morgan fingerprint density at radius 3 is 2.20 bits per heavy atom. The monoisotopic (exact) mass is 685 g/mol. The van der Waals surface area contributed by atoms with Crippen LogP contribution in [0.5, 0.6) is 17.2 Å². The van der Waals surface area contributed by atoms with Gasteiger partial charge in [-0.1, -0.05) is 29.3 Å². The number of sulfonamides is 1. The molecule has 1 atom stereocenters. The summed E-state index contributed by atoms with van der Waals surface area (Å²) in [7, 11) is 0.736. The highest BCUT2D eigenvalue weighted by atomic mass is 35.5. The number of hydrogen-bond acceptors (Lipinski definition) is 10. The Bertz CT molecular complexity index is 1550. The first-order chi connectivity index (χ1) is 21.0. The van der Waals surface area contributed by atoms with Gasteiger partial charge in [0.1, 0.15) is 21.9 Å². The summed E-state index contributed by atoms with van der Waals surface area (Å²) in [4.78, 5) is 18.7. The Kier molecular flexibility index (Phi) is 13.1. The highest BCUT2D eigenvalue weighted by Gasteiger charge is 2.27. The van der Waals surface area contributed by atoms with E-state index in [1.54, 1.807) is 36.7 Å². The molecule has 1 aromatic heterocycles. The molecule has 12 nitrogen and oxygen atoms in total. The topological polar surface area (TPSA) is 148 Å². The summed E-state index contributed by atoms with van der Waals surface area (Å²) < 4.78 is 55.0. The number of aromatic nitrogens is 1. The molecule has 0 unspecified atom stereocenters. The Hall–Kier alpha value is -3.33.